The number of hydrogen-bond acceptors (Lipinski definition) is 3. The van der Waals surface area contributed by atoms with Gasteiger partial charge in [0, 0.05) is 16.5 Å². The maximum Gasteiger partial charge on any atom is 0.416 e. The van der Waals surface area contributed by atoms with Crippen LogP contribution < -0.4 is 5.32 Å². The fourth-order valence-electron chi connectivity index (χ4n) is 2.48. The Morgan fingerprint density at radius 3 is 2.15 bits per heavy atom. The monoisotopic (exact) mass is 391 g/mol. The van der Waals surface area contributed by atoms with Gasteiger partial charge in [-0.15, -0.1) is 11.3 Å². The highest BCUT2D eigenvalue weighted by Crippen LogP contribution is 2.37. The molecule has 0 fully saturated rings. The molecule has 4 nitrogen and oxygen atoms in total. The van der Waals surface area contributed by atoms with Crippen molar-refractivity contribution >= 4 is 28.2 Å². The molecule has 138 valence electrons. The lowest BCUT2D eigenvalue weighted by atomic mass is 10.0. The van der Waals surface area contributed by atoms with Gasteiger partial charge in [-0.05, 0) is 29.8 Å². The molecule has 27 heavy (non-hydrogen) atoms. The van der Waals surface area contributed by atoms with Crippen LogP contribution >= 0.6 is 11.3 Å². The average molecular weight is 391 g/mol. The summed E-state index contributed by atoms with van der Waals surface area (Å²) in [5.41, 5.74) is -0.0697. The number of aromatic carboxylic acids is 1. The predicted octanol–water partition coefficient (Wildman–Crippen LogP) is 5.38. The molecular weight excluding hydrogens is 379 g/mol. The summed E-state index contributed by atoms with van der Waals surface area (Å²) in [5, 5.41) is 13.7. The second-order valence-corrected chi connectivity index (χ2v) is 6.43. The van der Waals surface area contributed by atoms with E-state index < -0.39 is 23.6 Å². The normalized spacial score (nSPS) is 11.2. The van der Waals surface area contributed by atoms with E-state index in [2.05, 4.69) is 5.32 Å². The molecule has 3 aromatic rings. The maximum atomic E-state index is 12.7. The Kier molecular flexibility index (Phi) is 5.00. The Morgan fingerprint density at radius 2 is 1.59 bits per heavy atom. The Bertz CT molecular complexity index is 980. The molecule has 0 saturated carbocycles. The summed E-state index contributed by atoms with van der Waals surface area (Å²) >= 11 is 0.997. The second kappa shape index (κ2) is 7.24. The zero-order valence-electron chi connectivity index (χ0n) is 13.6. The Morgan fingerprint density at radius 1 is 0.963 bits per heavy atom. The third-order valence-electron chi connectivity index (χ3n) is 3.79. The van der Waals surface area contributed by atoms with Crippen LogP contribution in [-0.4, -0.2) is 17.0 Å². The van der Waals surface area contributed by atoms with Gasteiger partial charge in [-0.3, -0.25) is 4.79 Å². The number of amides is 1. The molecule has 2 N–H and O–H groups in total. The van der Waals surface area contributed by atoms with Crippen molar-refractivity contribution in [3.05, 3.63) is 76.7 Å². The number of thiophene rings is 1. The lowest BCUT2D eigenvalue weighted by Crippen LogP contribution is -2.13. The molecule has 1 aromatic heterocycles. The molecule has 3 rings (SSSR count). The third kappa shape index (κ3) is 4.01. The molecule has 0 bridgehead atoms. The van der Waals surface area contributed by atoms with Crippen LogP contribution in [-0.2, 0) is 6.18 Å². The van der Waals surface area contributed by atoms with E-state index in [0.717, 1.165) is 23.5 Å². The minimum absolute atomic E-state index is 0.117. The van der Waals surface area contributed by atoms with E-state index >= 15 is 0 Å². The molecule has 0 saturated heterocycles. The van der Waals surface area contributed by atoms with E-state index in [9.17, 15) is 27.9 Å². The van der Waals surface area contributed by atoms with Gasteiger partial charge >= 0.3 is 12.1 Å². The van der Waals surface area contributed by atoms with E-state index in [0.29, 0.717) is 11.1 Å². The highest BCUT2D eigenvalue weighted by Gasteiger charge is 2.30. The molecule has 0 unspecified atom stereocenters. The highest BCUT2D eigenvalue weighted by atomic mass is 32.1. The van der Waals surface area contributed by atoms with Gasteiger partial charge in [0.25, 0.3) is 5.91 Å². The Labute approximate surface area is 155 Å². The standard InChI is InChI=1S/C19H12F3NO3S/c20-19(21,22)13-8-6-11(7-9-13)14-10-27-17(15(14)18(25)26)23-16(24)12-4-2-1-3-5-12/h1-10H,(H,23,24)(H,25,26). The van der Waals surface area contributed by atoms with Crippen LogP contribution in [0.25, 0.3) is 11.1 Å². The smallest absolute Gasteiger partial charge is 0.416 e. The summed E-state index contributed by atoms with van der Waals surface area (Å²) in [5.74, 6) is -1.76. The van der Waals surface area contributed by atoms with Gasteiger partial charge in [-0.1, -0.05) is 30.3 Å². The van der Waals surface area contributed by atoms with Crippen LogP contribution in [0.5, 0.6) is 0 Å². The first-order valence-electron chi connectivity index (χ1n) is 7.66. The summed E-state index contributed by atoms with van der Waals surface area (Å²) in [7, 11) is 0. The fourth-order valence-corrected chi connectivity index (χ4v) is 3.43. The number of hydrogen-bond donors (Lipinski definition) is 2. The molecule has 1 amide bonds. The molecule has 0 aliphatic rings. The van der Waals surface area contributed by atoms with Crippen molar-refractivity contribution in [2.75, 3.05) is 5.32 Å². The van der Waals surface area contributed by atoms with Gasteiger partial charge in [0.05, 0.1) is 5.56 Å². The van der Waals surface area contributed by atoms with Crippen LogP contribution in [0.4, 0.5) is 18.2 Å². The van der Waals surface area contributed by atoms with Crippen molar-refractivity contribution in [3.8, 4) is 11.1 Å². The summed E-state index contributed by atoms with van der Waals surface area (Å²) in [6, 6.07) is 12.5. The number of rotatable bonds is 4. The molecule has 8 heteroatoms. The van der Waals surface area contributed by atoms with Gasteiger partial charge in [0.15, 0.2) is 0 Å². The van der Waals surface area contributed by atoms with Crippen molar-refractivity contribution < 1.29 is 27.9 Å². The average Bonchev–Trinajstić information content (AvgIpc) is 3.05. The number of benzene rings is 2. The van der Waals surface area contributed by atoms with Crippen molar-refractivity contribution in [2.45, 2.75) is 6.18 Å². The largest absolute Gasteiger partial charge is 0.478 e. The maximum absolute atomic E-state index is 12.7. The van der Waals surface area contributed by atoms with E-state index in [1.807, 2.05) is 0 Å². The molecule has 0 radical (unpaired) electrons. The minimum Gasteiger partial charge on any atom is -0.478 e. The van der Waals surface area contributed by atoms with Crippen LogP contribution in [0.1, 0.15) is 26.3 Å². The first-order chi connectivity index (χ1) is 12.8. The SMILES string of the molecule is O=C(Nc1scc(-c2ccc(C(F)(F)F)cc2)c1C(=O)O)c1ccccc1. The first kappa shape index (κ1) is 18.7. The number of halogens is 3. The number of carbonyl (C=O) groups is 2. The molecule has 0 aliphatic carbocycles. The van der Waals surface area contributed by atoms with Crippen LogP contribution in [0, 0.1) is 0 Å². The summed E-state index contributed by atoms with van der Waals surface area (Å²) in [4.78, 5) is 24.0. The quantitative estimate of drug-likeness (QED) is 0.627. The number of alkyl halides is 3. The minimum atomic E-state index is -4.47. The Balaban J connectivity index is 1.94. The molecule has 1 heterocycles. The number of carbonyl (C=O) groups excluding carboxylic acids is 1. The zero-order valence-corrected chi connectivity index (χ0v) is 14.4. The molecule has 2 aromatic carbocycles. The lowest BCUT2D eigenvalue weighted by Gasteiger charge is -2.08. The fraction of sp³-hybridized carbons (Fsp3) is 0.0526. The molecule has 0 aliphatic heterocycles. The predicted molar refractivity (Wildman–Crippen MR) is 96.1 cm³/mol. The van der Waals surface area contributed by atoms with Crippen LogP contribution in [0.15, 0.2) is 60.0 Å². The second-order valence-electron chi connectivity index (χ2n) is 5.55. The van der Waals surface area contributed by atoms with Crippen LogP contribution in [0.2, 0.25) is 0 Å². The highest BCUT2D eigenvalue weighted by molar-refractivity contribution is 7.15. The zero-order chi connectivity index (χ0) is 19.6. The van der Waals surface area contributed by atoms with E-state index in [1.54, 1.807) is 30.3 Å². The molecular formula is C19H12F3NO3S. The van der Waals surface area contributed by atoms with Crippen molar-refractivity contribution in [1.29, 1.82) is 0 Å². The van der Waals surface area contributed by atoms with Crippen molar-refractivity contribution in [2.24, 2.45) is 0 Å². The number of anilines is 1. The molecule has 0 spiro atoms. The summed E-state index contributed by atoms with van der Waals surface area (Å²) < 4.78 is 38.1. The topological polar surface area (TPSA) is 66.4 Å². The van der Waals surface area contributed by atoms with Crippen LogP contribution in [0.3, 0.4) is 0 Å². The third-order valence-corrected chi connectivity index (χ3v) is 4.69. The first-order valence-corrected chi connectivity index (χ1v) is 8.54. The lowest BCUT2D eigenvalue weighted by molar-refractivity contribution is -0.137. The number of nitrogens with one attached hydrogen (secondary N) is 1. The number of carboxylic acid groups (broad SMARTS) is 1. The summed E-state index contributed by atoms with van der Waals surface area (Å²) in [6.07, 6.45) is -4.47. The number of carboxylic acids is 1. The van der Waals surface area contributed by atoms with Gasteiger partial charge in [0.1, 0.15) is 10.6 Å². The van der Waals surface area contributed by atoms with E-state index in [-0.39, 0.29) is 16.1 Å². The Hall–Kier alpha value is -3.13. The molecule has 0 atom stereocenters. The van der Waals surface area contributed by atoms with Gasteiger partial charge in [-0.2, -0.15) is 13.2 Å². The van der Waals surface area contributed by atoms with E-state index in [1.165, 1.54) is 17.5 Å². The summed E-state index contributed by atoms with van der Waals surface area (Å²) in [6.45, 7) is 0. The van der Waals surface area contributed by atoms with Gasteiger partial charge in [0.2, 0.25) is 0 Å². The van der Waals surface area contributed by atoms with Crippen molar-refractivity contribution in [1.82, 2.24) is 0 Å². The van der Waals surface area contributed by atoms with Crippen molar-refractivity contribution in [3.63, 3.8) is 0 Å². The van der Waals surface area contributed by atoms with E-state index in [4.69, 9.17) is 0 Å². The van der Waals surface area contributed by atoms with Gasteiger partial charge in [-0.25, -0.2) is 4.79 Å². The van der Waals surface area contributed by atoms with Gasteiger partial charge < -0.3 is 10.4 Å².